The summed E-state index contributed by atoms with van der Waals surface area (Å²) >= 11 is 1.27. The number of hydrogen-bond acceptors (Lipinski definition) is 5. The first kappa shape index (κ1) is 14.7. The van der Waals surface area contributed by atoms with Gasteiger partial charge < -0.3 is 0 Å². The first-order valence-electron chi connectivity index (χ1n) is 6.87. The minimum Gasteiger partial charge on any atom is -0.277 e. The van der Waals surface area contributed by atoms with Crippen LogP contribution >= 0.6 is 11.3 Å². The number of thiophene rings is 1. The molecule has 0 aromatic carbocycles. The van der Waals surface area contributed by atoms with Gasteiger partial charge in [0.05, 0.1) is 6.04 Å². The van der Waals surface area contributed by atoms with Crippen LogP contribution in [-0.4, -0.2) is 48.6 Å². The topological polar surface area (TPSA) is 74.8 Å². The van der Waals surface area contributed by atoms with E-state index in [4.69, 9.17) is 0 Å². The summed E-state index contributed by atoms with van der Waals surface area (Å²) in [4.78, 5) is 25.5. The van der Waals surface area contributed by atoms with Crippen LogP contribution in [0.1, 0.15) is 24.6 Å². The third-order valence-electron chi connectivity index (χ3n) is 3.86. The van der Waals surface area contributed by atoms with Gasteiger partial charge in [0, 0.05) is 30.8 Å². The predicted octanol–water partition coefficient (Wildman–Crippen LogP) is 0.832. The van der Waals surface area contributed by atoms with Gasteiger partial charge in [-0.15, -0.1) is 11.3 Å². The molecule has 0 bridgehead atoms. The maximum Gasteiger partial charge on any atom is 0.252 e. The van der Waals surface area contributed by atoms with Gasteiger partial charge in [0.25, 0.3) is 10.0 Å². The molecule has 0 unspecified atom stereocenters. The van der Waals surface area contributed by atoms with Crippen LogP contribution in [0.2, 0.25) is 0 Å². The maximum atomic E-state index is 12.4. The Bertz CT molecular complexity index is 673. The molecule has 0 spiro atoms. The predicted molar refractivity (Wildman–Crippen MR) is 77.3 cm³/mol. The SMILES string of the molecule is CCc1ccc(S(=O)(=O)N2CC(N3C(=O)CCC3=O)C2)s1. The lowest BCUT2D eigenvalue weighted by atomic mass is 10.1. The summed E-state index contributed by atoms with van der Waals surface area (Å²) in [6.07, 6.45) is 1.29. The summed E-state index contributed by atoms with van der Waals surface area (Å²) in [5.41, 5.74) is 0. The van der Waals surface area contributed by atoms with Gasteiger partial charge in [-0.3, -0.25) is 14.5 Å². The molecule has 2 aliphatic heterocycles. The number of rotatable bonds is 4. The number of carbonyl (C=O) groups excluding carboxylic acids is 2. The molecular formula is C13H16N2O4S2. The number of imide groups is 1. The molecule has 2 amide bonds. The van der Waals surface area contributed by atoms with Gasteiger partial charge in [0.15, 0.2) is 0 Å². The summed E-state index contributed by atoms with van der Waals surface area (Å²) in [7, 11) is -3.49. The van der Waals surface area contributed by atoms with E-state index in [0.29, 0.717) is 4.21 Å². The van der Waals surface area contributed by atoms with Crippen molar-refractivity contribution in [2.45, 2.75) is 36.4 Å². The minimum absolute atomic E-state index is 0.188. The lowest BCUT2D eigenvalue weighted by Gasteiger charge is -2.41. The molecule has 3 heterocycles. The van der Waals surface area contributed by atoms with E-state index in [9.17, 15) is 18.0 Å². The van der Waals surface area contributed by atoms with Gasteiger partial charge in [0.1, 0.15) is 4.21 Å². The van der Waals surface area contributed by atoms with Crippen LogP contribution in [0.3, 0.4) is 0 Å². The molecule has 21 heavy (non-hydrogen) atoms. The van der Waals surface area contributed by atoms with Crippen molar-refractivity contribution < 1.29 is 18.0 Å². The van der Waals surface area contributed by atoms with Gasteiger partial charge >= 0.3 is 0 Å². The third-order valence-corrected chi connectivity index (χ3v) is 7.39. The highest BCUT2D eigenvalue weighted by Crippen LogP contribution is 2.30. The molecule has 0 radical (unpaired) electrons. The van der Waals surface area contributed by atoms with E-state index in [1.54, 1.807) is 6.07 Å². The highest BCUT2D eigenvalue weighted by molar-refractivity contribution is 7.91. The quantitative estimate of drug-likeness (QED) is 0.767. The number of likely N-dealkylation sites (tertiary alicyclic amines) is 1. The Morgan fingerprint density at radius 2 is 1.81 bits per heavy atom. The van der Waals surface area contributed by atoms with Gasteiger partial charge in [-0.1, -0.05) is 6.92 Å². The average molecular weight is 328 g/mol. The van der Waals surface area contributed by atoms with Gasteiger partial charge in [0.2, 0.25) is 11.8 Å². The first-order chi connectivity index (χ1) is 9.93. The van der Waals surface area contributed by atoms with Crippen LogP contribution in [-0.2, 0) is 26.0 Å². The van der Waals surface area contributed by atoms with Gasteiger partial charge in [-0.05, 0) is 18.6 Å². The van der Waals surface area contributed by atoms with Crippen molar-refractivity contribution in [3.63, 3.8) is 0 Å². The molecule has 2 saturated heterocycles. The number of aryl methyl sites for hydroxylation is 1. The van der Waals surface area contributed by atoms with E-state index >= 15 is 0 Å². The number of sulfonamides is 1. The molecule has 0 N–H and O–H groups in total. The molecule has 114 valence electrons. The minimum atomic E-state index is -3.49. The van der Waals surface area contributed by atoms with Crippen molar-refractivity contribution >= 4 is 33.2 Å². The fourth-order valence-electron chi connectivity index (χ4n) is 2.59. The van der Waals surface area contributed by atoms with Crippen LogP contribution in [0.25, 0.3) is 0 Å². The standard InChI is InChI=1S/C13H16N2O4S2/c1-2-10-3-6-13(20-10)21(18,19)14-7-9(8-14)15-11(16)4-5-12(15)17/h3,6,9H,2,4-5,7-8H2,1H3. The molecule has 8 heteroatoms. The van der Waals surface area contributed by atoms with Crippen LogP contribution in [0.4, 0.5) is 0 Å². The number of hydrogen-bond donors (Lipinski definition) is 0. The second kappa shape index (κ2) is 5.19. The van der Waals surface area contributed by atoms with Gasteiger partial charge in [-0.25, -0.2) is 8.42 Å². The smallest absolute Gasteiger partial charge is 0.252 e. The zero-order valence-electron chi connectivity index (χ0n) is 11.6. The second-order valence-electron chi connectivity index (χ2n) is 5.21. The third kappa shape index (κ3) is 2.41. The van der Waals surface area contributed by atoms with Crippen molar-refractivity contribution in [2.24, 2.45) is 0 Å². The largest absolute Gasteiger partial charge is 0.277 e. The van der Waals surface area contributed by atoms with Crippen molar-refractivity contribution in [2.75, 3.05) is 13.1 Å². The summed E-state index contributed by atoms with van der Waals surface area (Å²) < 4.78 is 26.5. The van der Waals surface area contributed by atoms with E-state index in [2.05, 4.69) is 0 Å². The molecule has 2 fully saturated rings. The van der Waals surface area contributed by atoms with Crippen molar-refractivity contribution in [3.8, 4) is 0 Å². The summed E-state index contributed by atoms with van der Waals surface area (Å²) in [5, 5.41) is 0. The van der Waals surface area contributed by atoms with Crippen LogP contribution in [0.5, 0.6) is 0 Å². The molecule has 0 aliphatic carbocycles. The summed E-state index contributed by atoms with van der Waals surface area (Å²) in [5.74, 6) is -0.377. The van der Waals surface area contributed by atoms with Crippen molar-refractivity contribution in [1.82, 2.24) is 9.21 Å². The van der Waals surface area contributed by atoms with E-state index < -0.39 is 10.0 Å². The van der Waals surface area contributed by atoms with E-state index in [1.165, 1.54) is 20.5 Å². The highest BCUT2D eigenvalue weighted by atomic mass is 32.2. The molecular weight excluding hydrogens is 312 g/mol. The zero-order chi connectivity index (χ0) is 15.2. The Balaban J connectivity index is 1.70. The fraction of sp³-hybridized carbons (Fsp3) is 0.538. The van der Waals surface area contributed by atoms with E-state index in [0.717, 1.165) is 11.3 Å². The number of nitrogens with zero attached hydrogens (tertiary/aromatic N) is 2. The Labute approximate surface area is 127 Å². The zero-order valence-corrected chi connectivity index (χ0v) is 13.2. The molecule has 1 aromatic rings. The molecule has 2 aliphatic rings. The van der Waals surface area contributed by atoms with Crippen molar-refractivity contribution in [3.05, 3.63) is 17.0 Å². The van der Waals surface area contributed by atoms with Gasteiger partial charge in [-0.2, -0.15) is 4.31 Å². The lowest BCUT2D eigenvalue weighted by Crippen LogP contribution is -2.61. The Hall–Kier alpha value is -1.25. The summed E-state index contributed by atoms with van der Waals surface area (Å²) in [6, 6.07) is 3.15. The Kier molecular flexibility index (Phi) is 3.62. The molecule has 0 saturated carbocycles. The van der Waals surface area contributed by atoms with E-state index in [-0.39, 0.29) is 43.8 Å². The average Bonchev–Trinajstić information content (AvgIpc) is 2.98. The first-order valence-corrected chi connectivity index (χ1v) is 9.13. The monoisotopic (exact) mass is 328 g/mol. The number of amides is 2. The van der Waals surface area contributed by atoms with Crippen LogP contribution in [0.15, 0.2) is 16.3 Å². The summed E-state index contributed by atoms with van der Waals surface area (Å²) in [6.45, 7) is 2.39. The molecule has 3 rings (SSSR count). The van der Waals surface area contributed by atoms with Crippen molar-refractivity contribution in [1.29, 1.82) is 0 Å². The second-order valence-corrected chi connectivity index (χ2v) is 8.54. The lowest BCUT2D eigenvalue weighted by molar-refractivity contribution is -0.143. The van der Waals surface area contributed by atoms with Crippen LogP contribution in [0, 0.1) is 0 Å². The maximum absolute atomic E-state index is 12.4. The normalized spacial score (nSPS) is 21.1. The molecule has 1 aromatic heterocycles. The van der Waals surface area contributed by atoms with E-state index in [1.807, 2.05) is 13.0 Å². The Morgan fingerprint density at radius 1 is 1.19 bits per heavy atom. The number of carbonyl (C=O) groups is 2. The molecule has 0 atom stereocenters. The highest BCUT2D eigenvalue weighted by Gasteiger charge is 2.45. The van der Waals surface area contributed by atoms with Crippen LogP contribution < -0.4 is 0 Å². The molecule has 6 nitrogen and oxygen atoms in total. The Morgan fingerprint density at radius 3 is 2.33 bits per heavy atom. The fourth-order valence-corrected chi connectivity index (χ4v) is 5.56.